The van der Waals surface area contributed by atoms with Crippen LogP contribution in [0.2, 0.25) is 0 Å². The molecule has 0 aromatic carbocycles. The Morgan fingerprint density at radius 2 is 2.02 bits per heavy atom. The van der Waals surface area contributed by atoms with E-state index in [0.29, 0.717) is 31.5 Å². The van der Waals surface area contributed by atoms with Gasteiger partial charge in [-0.2, -0.15) is 9.36 Å². The number of nitrogens with zero attached hydrogens (tertiary/aromatic N) is 6. The second kappa shape index (κ2) is 14.1. The van der Waals surface area contributed by atoms with Gasteiger partial charge in [-0.05, 0) is 31.4 Å². The van der Waals surface area contributed by atoms with Crippen LogP contribution in [0, 0.1) is 6.92 Å². The summed E-state index contributed by atoms with van der Waals surface area (Å²) in [5, 5.41) is 26.1. The van der Waals surface area contributed by atoms with Crippen molar-refractivity contribution in [2.75, 3.05) is 31.1 Å². The minimum absolute atomic E-state index is 0. The predicted molar refractivity (Wildman–Crippen MR) is 156 cm³/mol. The van der Waals surface area contributed by atoms with Gasteiger partial charge in [0.15, 0.2) is 23.3 Å². The first-order chi connectivity index (χ1) is 22.5. The molecule has 4 aliphatic rings. The molecule has 48 heavy (non-hydrogen) atoms. The molecular formula is C26H25N8NaO11S2. The fourth-order valence-corrected chi connectivity index (χ4v) is 7.43. The van der Waals surface area contributed by atoms with Crippen LogP contribution >= 0.6 is 23.3 Å². The van der Waals surface area contributed by atoms with Gasteiger partial charge in [0.2, 0.25) is 17.4 Å². The monoisotopic (exact) mass is 712 g/mol. The number of carbonyl (C=O) groups excluding carboxylic acids is 5. The number of nitrogens with one attached hydrogen (secondary N) is 1. The van der Waals surface area contributed by atoms with E-state index in [1.54, 1.807) is 4.90 Å². The molecule has 3 atom stereocenters. The maximum atomic E-state index is 13.4. The number of ether oxygens (including phenoxy) is 1. The predicted octanol–water partition coefficient (Wildman–Crippen LogP) is -4.87. The van der Waals surface area contributed by atoms with E-state index < -0.39 is 52.5 Å². The smallest absolute Gasteiger partial charge is 0.543 e. The quantitative estimate of drug-likeness (QED) is 0.0578. The number of nitrogen functional groups attached to an aromatic ring is 1. The first-order valence-corrected chi connectivity index (χ1v) is 15.8. The minimum atomic E-state index is -1.63. The summed E-state index contributed by atoms with van der Waals surface area (Å²) in [6, 6.07) is -1.45. The topological polar surface area (TPSA) is 267 Å². The van der Waals surface area contributed by atoms with E-state index >= 15 is 0 Å². The van der Waals surface area contributed by atoms with Crippen LogP contribution in [-0.2, 0) is 30.5 Å². The maximum Gasteiger partial charge on any atom is 1.00 e. The number of carbonyl (C=O) groups is 5. The molecule has 3 unspecified atom stereocenters. The van der Waals surface area contributed by atoms with Gasteiger partial charge in [0.25, 0.3) is 11.8 Å². The second-order valence-corrected chi connectivity index (χ2v) is 12.6. The number of aromatic nitrogens is 2. The Balaban J connectivity index is 0.00000451. The van der Waals surface area contributed by atoms with E-state index in [-0.39, 0.29) is 88.5 Å². The Kier molecular flexibility index (Phi) is 10.3. The molecule has 0 saturated carbocycles. The Hall–Kier alpha value is -4.18. The summed E-state index contributed by atoms with van der Waals surface area (Å²) < 4.78 is 18.6. The molecule has 0 aliphatic carbocycles. The molecule has 4 amide bonds. The van der Waals surface area contributed by atoms with E-state index in [9.17, 15) is 39.1 Å². The third kappa shape index (κ3) is 6.59. The van der Waals surface area contributed by atoms with Crippen molar-refractivity contribution >= 4 is 63.9 Å². The van der Waals surface area contributed by atoms with Crippen LogP contribution in [0.15, 0.2) is 41.7 Å². The van der Waals surface area contributed by atoms with Crippen LogP contribution in [0.3, 0.4) is 0 Å². The number of hydrogen-bond donors (Lipinski definition) is 3. The molecule has 6 heterocycles. The number of oxime groups is 1. The summed E-state index contributed by atoms with van der Waals surface area (Å²) in [7, 11) is 0. The zero-order chi connectivity index (χ0) is 33.6. The number of amides is 4. The number of carboxylic acid groups (broad SMARTS) is 1. The summed E-state index contributed by atoms with van der Waals surface area (Å²) >= 11 is 1.94. The number of allylic oxidation sites excluding steroid dienone is 1. The van der Waals surface area contributed by atoms with Crippen molar-refractivity contribution in [2.24, 2.45) is 5.16 Å². The summed E-state index contributed by atoms with van der Waals surface area (Å²) in [5.41, 5.74) is 5.07. The van der Waals surface area contributed by atoms with Crippen LogP contribution < -0.4 is 51.5 Å². The fraction of sp³-hybridized carbons (Fsp3) is 0.423. The van der Waals surface area contributed by atoms with Crippen molar-refractivity contribution in [1.82, 2.24) is 29.4 Å². The molecule has 0 spiro atoms. The molecule has 2 aromatic rings. The average molecular weight is 713 g/mol. The van der Waals surface area contributed by atoms with Crippen LogP contribution in [-0.4, -0.2) is 108 Å². The van der Waals surface area contributed by atoms with E-state index in [1.165, 1.54) is 29.7 Å². The van der Waals surface area contributed by atoms with Gasteiger partial charge >= 0.3 is 41.5 Å². The molecule has 6 rings (SSSR count). The van der Waals surface area contributed by atoms with E-state index in [1.807, 2.05) is 0 Å². The van der Waals surface area contributed by atoms with Crippen molar-refractivity contribution in [3.05, 3.63) is 50.9 Å². The van der Waals surface area contributed by atoms with Crippen LogP contribution in [0.4, 0.5) is 9.93 Å². The van der Waals surface area contributed by atoms with Crippen LogP contribution in [0.5, 0.6) is 0 Å². The summed E-state index contributed by atoms with van der Waals surface area (Å²) in [5.74, 6) is -4.41. The molecule has 3 fully saturated rings. The molecule has 3 saturated heterocycles. The summed E-state index contributed by atoms with van der Waals surface area (Å²) in [6.07, 6.45) is 1.60. The zero-order valence-electron chi connectivity index (χ0n) is 25.4. The fourth-order valence-electron chi connectivity index (χ4n) is 5.69. The Bertz CT molecular complexity index is 1830. The number of aliphatic carboxylic acids is 1. The van der Waals surface area contributed by atoms with Crippen molar-refractivity contribution in [3.63, 3.8) is 0 Å². The number of hydrogen-bond acceptors (Lipinski definition) is 17. The van der Waals surface area contributed by atoms with Gasteiger partial charge in [-0.25, -0.2) is 9.59 Å². The van der Waals surface area contributed by atoms with Gasteiger partial charge in [-0.1, -0.05) is 5.16 Å². The van der Waals surface area contributed by atoms with Gasteiger partial charge in [-0.15, -0.1) is 11.8 Å². The van der Waals surface area contributed by atoms with E-state index in [2.05, 4.69) is 19.8 Å². The zero-order valence-corrected chi connectivity index (χ0v) is 29.0. The van der Waals surface area contributed by atoms with Gasteiger partial charge in [0.05, 0.1) is 17.7 Å². The minimum Gasteiger partial charge on any atom is -0.543 e. The SMILES string of the molecule is Cc1oc(=O)oc1COC(=O)N1CCC(N2CC/C(=C/C3=C(C(=O)[O-])N4C(=O)C(NC(=O)/C(=N/O)c5nsc(N)n5)C4SC3)C2=O)C1.[Na+]. The maximum absolute atomic E-state index is 13.4. The molecule has 4 aliphatic heterocycles. The molecule has 4 N–H and O–H groups in total. The Labute approximate surface area is 300 Å². The molecular weight excluding hydrogens is 687 g/mol. The molecule has 2 aromatic heterocycles. The number of likely N-dealkylation sites (tertiary alicyclic amines) is 2. The number of β-lactam (4-membered cyclic amide) rings is 1. The van der Waals surface area contributed by atoms with Crippen LogP contribution in [0.1, 0.15) is 30.2 Å². The number of carboxylic acids is 1. The second-order valence-electron chi connectivity index (χ2n) is 10.7. The van der Waals surface area contributed by atoms with Crippen molar-refractivity contribution < 1.29 is 77.4 Å². The van der Waals surface area contributed by atoms with Gasteiger partial charge < -0.3 is 49.5 Å². The third-order valence-electron chi connectivity index (χ3n) is 7.98. The normalized spacial score (nSPS) is 23.3. The number of rotatable bonds is 8. The number of anilines is 1. The standard InChI is InChI=1S/C26H26N8O11S2.Na/c1-10-14(45-26(41)44-10)8-43-25(40)32-4-3-13(7-32)33-5-2-11(20(33)36)6-12-9-46-22-16(21(37)34(22)17(12)23(38)39)28-19(35)15(30-42)18-29-24(27)47-31-18;/h6,13,16,22,42H,2-5,7-9H2,1H3,(H,28,35)(H,38,39)(H2,27,29,31);/q;+1/p-1/b11-6-,30-15+;. The molecule has 0 bridgehead atoms. The van der Waals surface area contributed by atoms with Crippen molar-refractivity contribution in [1.29, 1.82) is 0 Å². The van der Waals surface area contributed by atoms with E-state index in [0.717, 1.165) is 16.4 Å². The van der Waals surface area contributed by atoms with Gasteiger partial charge in [0.1, 0.15) is 11.4 Å². The molecule has 19 nitrogen and oxygen atoms in total. The number of nitrogens with two attached hydrogens (primary N) is 1. The van der Waals surface area contributed by atoms with Gasteiger partial charge in [-0.3, -0.25) is 19.3 Å². The average Bonchev–Trinajstić information content (AvgIpc) is 3.83. The largest absolute Gasteiger partial charge is 1.00 e. The Morgan fingerprint density at radius 3 is 2.67 bits per heavy atom. The van der Waals surface area contributed by atoms with Crippen molar-refractivity contribution in [3.8, 4) is 0 Å². The molecule has 248 valence electrons. The van der Waals surface area contributed by atoms with Crippen molar-refractivity contribution in [2.45, 2.75) is 43.8 Å². The number of fused-ring (bicyclic) bond motifs is 1. The summed E-state index contributed by atoms with van der Waals surface area (Å²) in [4.78, 5) is 83.0. The first-order valence-electron chi connectivity index (χ1n) is 14.0. The van der Waals surface area contributed by atoms with Crippen LogP contribution in [0.25, 0.3) is 0 Å². The van der Waals surface area contributed by atoms with E-state index in [4.69, 9.17) is 19.3 Å². The third-order valence-corrected chi connectivity index (χ3v) is 9.82. The Morgan fingerprint density at radius 1 is 1.25 bits per heavy atom. The van der Waals surface area contributed by atoms with Gasteiger partial charge in [0, 0.05) is 42.5 Å². The molecule has 0 radical (unpaired) electrons. The summed E-state index contributed by atoms with van der Waals surface area (Å²) in [6.45, 7) is 2.09. The first kappa shape index (κ1) is 35.1. The number of thioether (sulfide) groups is 1. The number of aryl methyl sites for hydroxylation is 1. The molecule has 22 heteroatoms.